The molecule has 2 N–H and O–H groups in total. The van der Waals surface area contributed by atoms with Crippen molar-refractivity contribution in [3.8, 4) is 11.8 Å². The Morgan fingerprint density at radius 1 is 1.20 bits per heavy atom. The number of hydrogen-bond donors (Lipinski definition) is 1. The van der Waals surface area contributed by atoms with Crippen molar-refractivity contribution in [2.24, 2.45) is 17.6 Å². The standard InChI is InChI=1S/C16H18N2O2/c1-10-6-7-13(5-4-8-17)9-14(10)18-15(19)11(2)12(3)16(18)20/h6-7,9,11-12H,8,17H2,1-3H3. The van der Waals surface area contributed by atoms with Gasteiger partial charge in [0.15, 0.2) is 0 Å². The predicted octanol–water partition coefficient (Wildman–Crippen LogP) is 1.45. The van der Waals surface area contributed by atoms with Crippen molar-refractivity contribution in [2.45, 2.75) is 20.8 Å². The molecular weight excluding hydrogens is 252 g/mol. The Bertz CT molecular complexity index is 605. The van der Waals surface area contributed by atoms with E-state index >= 15 is 0 Å². The summed E-state index contributed by atoms with van der Waals surface area (Å²) in [5, 5.41) is 0. The molecule has 0 radical (unpaired) electrons. The summed E-state index contributed by atoms with van der Waals surface area (Å²) in [6.45, 7) is 5.74. The van der Waals surface area contributed by atoms with Crippen molar-refractivity contribution >= 4 is 17.5 Å². The molecule has 1 aromatic rings. The Labute approximate surface area is 118 Å². The van der Waals surface area contributed by atoms with Gasteiger partial charge in [-0.15, -0.1) is 0 Å². The van der Waals surface area contributed by atoms with Crippen LogP contribution in [0, 0.1) is 30.6 Å². The van der Waals surface area contributed by atoms with Crippen LogP contribution >= 0.6 is 0 Å². The Hall–Kier alpha value is -2.12. The van der Waals surface area contributed by atoms with Crippen LogP contribution in [0.15, 0.2) is 18.2 Å². The molecule has 0 spiro atoms. The molecule has 2 atom stereocenters. The number of carbonyl (C=O) groups is 2. The van der Waals surface area contributed by atoms with Crippen LogP contribution in [0.3, 0.4) is 0 Å². The number of nitrogens with zero attached hydrogens (tertiary/aromatic N) is 1. The number of aryl methyl sites for hydroxylation is 1. The van der Waals surface area contributed by atoms with Crippen molar-refractivity contribution in [2.75, 3.05) is 11.4 Å². The van der Waals surface area contributed by atoms with Crippen LogP contribution in [0.2, 0.25) is 0 Å². The van der Waals surface area contributed by atoms with Gasteiger partial charge in [-0.2, -0.15) is 0 Å². The topological polar surface area (TPSA) is 63.4 Å². The van der Waals surface area contributed by atoms with Gasteiger partial charge in [0.2, 0.25) is 11.8 Å². The van der Waals surface area contributed by atoms with Gasteiger partial charge in [0.1, 0.15) is 0 Å². The van der Waals surface area contributed by atoms with Crippen molar-refractivity contribution in [1.82, 2.24) is 0 Å². The van der Waals surface area contributed by atoms with Gasteiger partial charge in [0.05, 0.1) is 12.2 Å². The van der Waals surface area contributed by atoms with E-state index in [2.05, 4.69) is 11.8 Å². The Kier molecular flexibility index (Phi) is 3.91. The SMILES string of the molecule is Cc1ccc(C#CCN)cc1N1C(=O)C(C)C(C)C1=O. The summed E-state index contributed by atoms with van der Waals surface area (Å²) in [5.41, 5.74) is 7.61. The molecule has 2 unspecified atom stereocenters. The minimum atomic E-state index is -0.277. The maximum absolute atomic E-state index is 12.3. The van der Waals surface area contributed by atoms with Gasteiger partial charge in [-0.3, -0.25) is 9.59 Å². The van der Waals surface area contributed by atoms with E-state index < -0.39 is 0 Å². The largest absolute Gasteiger partial charge is 0.320 e. The van der Waals surface area contributed by atoms with Crippen molar-refractivity contribution in [3.05, 3.63) is 29.3 Å². The maximum Gasteiger partial charge on any atom is 0.237 e. The molecule has 1 aliphatic heterocycles. The van der Waals surface area contributed by atoms with E-state index in [0.717, 1.165) is 11.1 Å². The normalized spacial score (nSPS) is 21.9. The lowest BCUT2D eigenvalue weighted by Crippen LogP contribution is -2.31. The molecule has 20 heavy (non-hydrogen) atoms. The molecule has 1 aromatic carbocycles. The Morgan fingerprint density at radius 2 is 1.80 bits per heavy atom. The van der Waals surface area contributed by atoms with Gasteiger partial charge in [0.25, 0.3) is 0 Å². The van der Waals surface area contributed by atoms with Crippen LogP contribution < -0.4 is 10.6 Å². The maximum atomic E-state index is 12.3. The van der Waals surface area contributed by atoms with Gasteiger partial charge in [0, 0.05) is 17.4 Å². The molecule has 0 bridgehead atoms. The summed E-state index contributed by atoms with van der Waals surface area (Å²) in [6, 6.07) is 5.50. The van der Waals surface area contributed by atoms with Gasteiger partial charge < -0.3 is 5.73 Å². The van der Waals surface area contributed by atoms with Crippen LogP contribution in [0.4, 0.5) is 5.69 Å². The summed E-state index contributed by atoms with van der Waals surface area (Å²) < 4.78 is 0. The first kappa shape index (κ1) is 14.3. The quantitative estimate of drug-likeness (QED) is 0.620. The number of imide groups is 1. The van der Waals surface area contributed by atoms with Crippen LogP contribution in [0.25, 0.3) is 0 Å². The highest BCUT2D eigenvalue weighted by Gasteiger charge is 2.43. The Morgan fingerprint density at radius 3 is 2.35 bits per heavy atom. The number of anilines is 1. The number of amides is 2. The number of benzene rings is 1. The Balaban J connectivity index is 2.47. The molecule has 1 aliphatic rings. The zero-order valence-electron chi connectivity index (χ0n) is 11.9. The number of carbonyl (C=O) groups excluding carboxylic acids is 2. The fraction of sp³-hybridized carbons (Fsp3) is 0.375. The molecule has 0 aliphatic carbocycles. The minimum Gasteiger partial charge on any atom is -0.320 e. The first-order valence-electron chi connectivity index (χ1n) is 6.64. The second-order valence-electron chi connectivity index (χ2n) is 5.10. The minimum absolute atomic E-state index is 0.144. The van der Waals surface area contributed by atoms with E-state index in [1.165, 1.54) is 4.90 Å². The molecule has 0 aromatic heterocycles. The zero-order chi connectivity index (χ0) is 14.9. The van der Waals surface area contributed by atoms with Crippen LogP contribution in [-0.4, -0.2) is 18.4 Å². The fourth-order valence-electron chi connectivity index (χ4n) is 2.26. The summed E-state index contributed by atoms with van der Waals surface area (Å²) in [7, 11) is 0. The summed E-state index contributed by atoms with van der Waals surface area (Å²) in [5.74, 6) is 4.85. The van der Waals surface area contributed by atoms with Crippen molar-refractivity contribution in [1.29, 1.82) is 0 Å². The lowest BCUT2D eigenvalue weighted by atomic mass is 10.00. The molecule has 2 rings (SSSR count). The number of hydrogen-bond acceptors (Lipinski definition) is 3. The lowest BCUT2D eigenvalue weighted by Gasteiger charge is -2.17. The predicted molar refractivity (Wildman–Crippen MR) is 77.9 cm³/mol. The van der Waals surface area contributed by atoms with Crippen LogP contribution in [0.1, 0.15) is 25.0 Å². The van der Waals surface area contributed by atoms with E-state index in [1.54, 1.807) is 19.9 Å². The van der Waals surface area contributed by atoms with E-state index in [0.29, 0.717) is 5.69 Å². The molecule has 104 valence electrons. The average Bonchev–Trinajstić information content (AvgIpc) is 2.63. The third-order valence-electron chi connectivity index (χ3n) is 3.75. The monoisotopic (exact) mass is 270 g/mol. The fourth-order valence-corrected chi connectivity index (χ4v) is 2.26. The van der Waals surface area contributed by atoms with E-state index in [-0.39, 0.29) is 30.2 Å². The number of rotatable bonds is 1. The van der Waals surface area contributed by atoms with E-state index in [1.807, 2.05) is 19.1 Å². The molecule has 4 heteroatoms. The van der Waals surface area contributed by atoms with Gasteiger partial charge in [-0.05, 0) is 24.6 Å². The zero-order valence-corrected chi connectivity index (χ0v) is 11.9. The molecule has 1 fully saturated rings. The molecule has 0 saturated carbocycles. The highest BCUT2D eigenvalue weighted by atomic mass is 16.2. The highest BCUT2D eigenvalue weighted by Crippen LogP contribution is 2.32. The second-order valence-corrected chi connectivity index (χ2v) is 5.10. The van der Waals surface area contributed by atoms with E-state index in [9.17, 15) is 9.59 Å². The highest BCUT2D eigenvalue weighted by molar-refractivity contribution is 6.22. The third kappa shape index (κ3) is 2.33. The molecular formula is C16H18N2O2. The lowest BCUT2D eigenvalue weighted by molar-refractivity contribution is -0.122. The molecule has 4 nitrogen and oxygen atoms in total. The summed E-state index contributed by atoms with van der Waals surface area (Å²) in [6.07, 6.45) is 0. The van der Waals surface area contributed by atoms with Gasteiger partial charge in [-0.25, -0.2) is 4.90 Å². The molecule has 1 heterocycles. The van der Waals surface area contributed by atoms with Crippen LogP contribution in [-0.2, 0) is 9.59 Å². The van der Waals surface area contributed by atoms with Crippen molar-refractivity contribution < 1.29 is 9.59 Å². The van der Waals surface area contributed by atoms with Gasteiger partial charge >= 0.3 is 0 Å². The summed E-state index contributed by atoms with van der Waals surface area (Å²) >= 11 is 0. The second kappa shape index (κ2) is 5.48. The molecule has 2 amide bonds. The number of nitrogens with two attached hydrogens (primary N) is 1. The average molecular weight is 270 g/mol. The van der Waals surface area contributed by atoms with Gasteiger partial charge in [-0.1, -0.05) is 31.8 Å². The smallest absolute Gasteiger partial charge is 0.237 e. The first-order chi connectivity index (χ1) is 9.47. The van der Waals surface area contributed by atoms with E-state index in [4.69, 9.17) is 5.73 Å². The third-order valence-corrected chi connectivity index (χ3v) is 3.75. The van der Waals surface area contributed by atoms with Crippen molar-refractivity contribution in [3.63, 3.8) is 0 Å². The first-order valence-corrected chi connectivity index (χ1v) is 6.64. The van der Waals surface area contributed by atoms with Crippen LogP contribution in [0.5, 0.6) is 0 Å². The summed E-state index contributed by atoms with van der Waals surface area (Å²) in [4.78, 5) is 25.8. The molecule has 1 saturated heterocycles.